The zero-order valence-electron chi connectivity index (χ0n) is 16.3. The van der Waals surface area contributed by atoms with Crippen LogP contribution in [-0.2, 0) is 9.53 Å². The fourth-order valence-corrected chi connectivity index (χ4v) is 2.44. The van der Waals surface area contributed by atoms with Gasteiger partial charge in [0.15, 0.2) is 6.10 Å². The number of rotatable bonds is 8. The fraction of sp³-hybridized carbons (Fsp3) is 0.286. The first kappa shape index (κ1) is 21.0. The van der Waals surface area contributed by atoms with Crippen molar-refractivity contribution in [1.82, 2.24) is 5.32 Å². The molecule has 0 bridgehead atoms. The normalized spacial score (nSPS) is 11.3. The Morgan fingerprint density at radius 1 is 0.929 bits per heavy atom. The van der Waals surface area contributed by atoms with Crippen molar-refractivity contribution in [2.24, 2.45) is 0 Å². The maximum absolute atomic E-state index is 12.3. The van der Waals surface area contributed by atoms with E-state index in [2.05, 4.69) is 5.32 Å². The fourth-order valence-electron chi connectivity index (χ4n) is 2.44. The first-order chi connectivity index (χ1) is 13.3. The van der Waals surface area contributed by atoms with E-state index in [1.165, 1.54) is 33.3 Å². The SMILES string of the molecule is COc1cc(OC)cc(C(=O)NCC(=O)O[C@@H](C)C(=O)c2ccc(C)cc2)c1. The quantitative estimate of drug-likeness (QED) is 0.555. The van der Waals surface area contributed by atoms with Gasteiger partial charge in [-0.05, 0) is 26.0 Å². The standard InChI is InChI=1S/C21H23NO6/c1-13-5-7-15(8-6-13)20(24)14(2)28-19(23)12-22-21(25)16-9-17(26-3)11-18(10-16)27-4/h5-11,14H,12H2,1-4H3,(H,22,25)/t14-/m0/s1. The maximum atomic E-state index is 12.3. The number of esters is 1. The van der Waals surface area contributed by atoms with Crippen LogP contribution >= 0.6 is 0 Å². The zero-order chi connectivity index (χ0) is 20.7. The summed E-state index contributed by atoms with van der Waals surface area (Å²) in [5.74, 6) is -0.617. The lowest BCUT2D eigenvalue weighted by molar-refractivity contribution is -0.145. The average Bonchev–Trinajstić information content (AvgIpc) is 2.71. The van der Waals surface area contributed by atoms with Crippen molar-refractivity contribution < 1.29 is 28.6 Å². The molecule has 2 aromatic carbocycles. The average molecular weight is 385 g/mol. The molecular weight excluding hydrogens is 362 g/mol. The van der Waals surface area contributed by atoms with Gasteiger partial charge in [0.1, 0.15) is 18.0 Å². The number of carbonyl (C=O) groups excluding carboxylic acids is 3. The number of carbonyl (C=O) groups is 3. The van der Waals surface area contributed by atoms with E-state index in [1.807, 2.05) is 19.1 Å². The highest BCUT2D eigenvalue weighted by Crippen LogP contribution is 2.22. The number of ether oxygens (including phenoxy) is 3. The molecule has 2 aromatic rings. The minimum atomic E-state index is -0.955. The third-order valence-corrected chi connectivity index (χ3v) is 4.02. The van der Waals surface area contributed by atoms with Crippen molar-refractivity contribution in [3.8, 4) is 11.5 Å². The molecule has 0 unspecified atom stereocenters. The van der Waals surface area contributed by atoms with E-state index in [0.717, 1.165) is 5.56 Å². The highest BCUT2D eigenvalue weighted by atomic mass is 16.5. The van der Waals surface area contributed by atoms with Gasteiger partial charge in [-0.2, -0.15) is 0 Å². The Labute approximate surface area is 163 Å². The largest absolute Gasteiger partial charge is 0.497 e. The Hall–Kier alpha value is -3.35. The summed E-state index contributed by atoms with van der Waals surface area (Å²) in [5, 5.41) is 2.46. The predicted octanol–water partition coefficient (Wildman–Crippen LogP) is 2.56. The number of methoxy groups -OCH3 is 2. The van der Waals surface area contributed by atoms with Crippen molar-refractivity contribution in [2.45, 2.75) is 20.0 Å². The van der Waals surface area contributed by atoms with Crippen LogP contribution < -0.4 is 14.8 Å². The lowest BCUT2D eigenvalue weighted by Gasteiger charge is -2.13. The van der Waals surface area contributed by atoms with Gasteiger partial charge in [0.05, 0.1) is 14.2 Å². The van der Waals surface area contributed by atoms with Crippen LogP contribution in [0.2, 0.25) is 0 Å². The van der Waals surface area contributed by atoms with E-state index < -0.39 is 18.0 Å². The number of hydrogen-bond acceptors (Lipinski definition) is 6. The van der Waals surface area contributed by atoms with E-state index in [-0.39, 0.29) is 17.9 Å². The molecule has 0 radical (unpaired) electrons. The molecule has 2 rings (SSSR count). The molecule has 7 heteroatoms. The molecule has 0 fully saturated rings. The van der Waals surface area contributed by atoms with Crippen LogP contribution in [0.15, 0.2) is 42.5 Å². The number of amides is 1. The van der Waals surface area contributed by atoms with Gasteiger partial charge in [0.2, 0.25) is 5.78 Å². The topological polar surface area (TPSA) is 90.9 Å². The molecule has 28 heavy (non-hydrogen) atoms. The van der Waals surface area contributed by atoms with Crippen molar-refractivity contribution in [3.05, 3.63) is 59.2 Å². The van der Waals surface area contributed by atoms with Crippen LogP contribution in [0.3, 0.4) is 0 Å². The Balaban J connectivity index is 1.92. The second-order valence-corrected chi connectivity index (χ2v) is 6.15. The molecule has 0 aromatic heterocycles. The van der Waals surface area contributed by atoms with Crippen molar-refractivity contribution in [1.29, 1.82) is 0 Å². The summed E-state index contributed by atoms with van der Waals surface area (Å²) in [6.45, 7) is 3.04. The van der Waals surface area contributed by atoms with Crippen LogP contribution in [0, 0.1) is 6.92 Å². The van der Waals surface area contributed by atoms with Crippen LogP contribution in [0.5, 0.6) is 11.5 Å². The molecule has 0 aliphatic rings. The molecule has 1 N–H and O–H groups in total. The number of hydrogen-bond donors (Lipinski definition) is 1. The van der Waals surface area contributed by atoms with Gasteiger partial charge in [-0.25, -0.2) is 0 Å². The van der Waals surface area contributed by atoms with Gasteiger partial charge >= 0.3 is 5.97 Å². The van der Waals surface area contributed by atoms with Gasteiger partial charge < -0.3 is 19.5 Å². The molecule has 1 atom stereocenters. The van der Waals surface area contributed by atoms with Crippen molar-refractivity contribution >= 4 is 17.7 Å². The minimum Gasteiger partial charge on any atom is -0.497 e. The summed E-state index contributed by atoms with van der Waals surface area (Å²) in [7, 11) is 2.94. The summed E-state index contributed by atoms with van der Waals surface area (Å²) in [6, 6.07) is 11.7. The van der Waals surface area contributed by atoms with Gasteiger partial charge in [-0.15, -0.1) is 0 Å². The summed E-state index contributed by atoms with van der Waals surface area (Å²) < 4.78 is 15.3. The highest BCUT2D eigenvalue weighted by molar-refractivity contribution is 6.00. The summed E-state index contributed by atoms with van der Waals surface area (Å²) in [4.78, 5) is 36.5. The van der Waals surface area contributed by atoms with Crippen molar-refractivity contribution in [3.63, 3.8) is 0 Å². The number of benzene rings is 2. The molecular formula is C21H23NO6. The third-order valence-electron chi connectivity index (χ3n) is 4.02. The smallest absolute Gasteiger partial charge is 0.326 e. The van der Waals surface area contributed by atoms with Crippen LogP contribution in [0.1, 0.15) is 33.2 Å². The molecule has 0 aliphatic heterocycles. The van der Waals surface area contributed by atoms with E-state index in [4.69, 9.17) is 14.2 Å². The Morgan fingerprint density at radius 2 is 1.50 bits per heavy atom. The number of nitrogens with one attached hydrogen (secondary N) is 1. The Bertz CT molecular complexity index is 837. The lowest BCUT2D eigenvalue weighted by atomic mass is 10.1. The Morgan fingerprint density at radius 3 is 2.04 bits per heavy atom. The minimum absolute atomic E-state index is 0.271. The monoisotopic (exact) mass is 385 g/mol. The molecule has 1 amide bonds. The van der Waals surface area contributed by atoms with Gasteiger partial charge in [-0.3, -0.25) is 14.4 Å². The highest BCUT2D eigenvalue weighted by Gasteiger charge is 2.20. The van der Waals surface area contributed by atoms with Crippen LogP contribution in [0.4, 0.5) is 0 Å². The second-order valence-electron chi connectivity index (χ2n) is 6.15. The van der Waals surface area contributed by atoms with E-state index in [0.29, 0.717) is 17.1 Å². The van der Waals surface area contributed by atoms with Crippen LogP contribution in [-0.4, -0.2) is 44.5 Å². The zero-order valence-corrected chi connectivity index (χ0v) is 16.3. The molecule has 0 aliphatic carbocycles. The number of ketones is 1. The van der Waals surface area contributed by atoms with Crippen LogP contribution in [0.25, 0.3) is 0 Å². The van der Waals surface area contributed by atoms with E-state index >= 15 is 0 Å². The van der Waals surface area contributed by atoms with E-state index in [1.54, 1.807) is 18.2 Å². The maximum Gasteiger partial charge on any atom is 0.326 e. The van der Waals surface area contributed by atoms with E-state index in [9.17, 15) is 14.4 Å². The first-order valence-electron chi connectivity index (χ1n) is 8.65. The summed E-state index contributed by atoms with van der Waals surface area (Å²) in [5.41, 5.74) is 1.75. The summed E-state index contributed by atoms with van der Waals surface area (Å²) in [6.07, 6.45) is -0.955. The second kappa shape index (κ2) is 9.55. The van der Waals surface area contributed by atoms with Gasteiger partial charge in [0.25, 0.3) is 5.91 Å². The molecule has 0 saturated carbocycles. The molecule has 7 nitrogen and oxygen atoms in total. The van der Waals surface area contributed by atoms with Gasteiger partial charge in [0, 0.05) is 17.2 Å². The number of Topliss-reactive ketones (excluding diaryl/α,β-unsaturated/α-hetero) is 1. The Kier molecular flexibility index (Phi) is 7.14. The third kappa shape index (κ3) is 5.57. The first-order valence-corrected chi connectivity index (χ1v) is 8.65. The number of aryl methyl sites for hydroxylation is 1. The summed E-state index contributed by atoms with van der Waals surface area (Å²) >= 11 is 0. The molecule has 148 valence electrons. The molecule has 0 heterocycles. The lowest BCUT2D eigenvalue weighted by Crippen LogP contribution is -2.34. The van der Waals surface area contributed by atoms with Gasteiger partial charge in [-0.1, -0.05) is 29.8 Å². The predicted molar refractivity (Wildman–Crippen MR) is 103 cm³/mol. The molecule has 0 spiro atoms. The van der Waals surface area contributed by atoms with Crippen molar-refractivity contribution in [2.75, 3.05) is 20.8 Å². The molecule has 0 saturated heterocycles.